The minimum Gasteiger partial charge on any atom is -0.444 e. The second-order valence-corrected chi connectivity index (χ2v) is 8.88. The van der Waals surface area contributed by atoms with Gasteiger partial charge in [-0.1, -0.05) is 49.2 Å². The predicted octanol–water partition coefficient (Wildman–Crippen LogP) is 4.42. The van der Waals surface area contributed by atoms with E-state index in [1.807, 2.05) is 32.0 Å². The Morgan fingerprint density at radius 2 is 1.74 bits per heavy atom. The number of para-hydroxylation sites is 1. The Morgan fingerprint density at radius 1 is 1.09 bits per heavy atom. The van der Waals surface area contributed by atoms with Gasteiger partial charge in [0.1, 0.15) is 18.2 Å². The van der Waals surface area contributed by atoms with Gasteiger partial charge in [0.25, 0.3) is 5.91 Å². The second-order valence-electron chi connectivity index (χ2n) is 8.88. The molecule has 0 aliphatic carbocycles. The molecule has 1 unspecified atom stereocenters. The molecule has 0 aliphatic rings. The van der Waals surface area contributed by atoms with Gasteiger partial charge >= 0.3 is 6.09 Å². The van der Waals surface area contributed by atoms with Crippen molar-refractivity contribution in [1.82, 2.24) is 10.2 Å². The standard InChI is InChI=1S/C27H33N3O4/c1-7-17-30(23(31)18-28-26(33)34-27(4,5)6)24(21-15-11-10-14-20(21)8-2)25(32)29-22-16-12-9-13-19(22)3/h2,9-16,24H,7,17-18H2,1,3-6H3,(H,28,33)(H,29,32). The average molecular weight is 464 g/mol. The largest absolute Gasteiger partial charge is 0.444 e. The lowest BCUT2D eigenvalue weighted by Crippen LogP contribution is -2.47. The van der Waals surface area contributed by atoms with Gasteiger partial charge in [0.2, 0.25) is 5.91 Å². The number of terminal acetylenes is 1. The molecule has 1 atom stereocenters. The van der Waals surface area contributed by atoms with Gasteiger partial charge in [0, 0.05) is 17.8 Å². The molecule has 0 saturated heterocycles. The number of alkyl carbamates (subject to hydrolysis) is 1. The third-order valence-electron chi connectivity index (χ3n) is 4.94. The van der Waals surface area contributed by atoms with Gasteiger partial charge in [-0.05, 0) is 57.4 Å². The Balaban J connectivity index is 2.40. The van der Waals surface area contributed by atoms with E-state index < -0.39 is 29.6 Å². The van der Waals surface area contributed by atoms with Crippen LogP contribution in [0.4, 0.5) is 10.5 Å². The van der Waals surface area contributed by atoms with Gasteiger partial charge in [0.15, 0.2) is 0 Å². The zero-order valence-electron chi connectivity index (χ0n) is 20.5. The fraction of sp³-hybridized carbons (Fsp3) is 0.370. The molecule has 0 radical (unpaired) electrons. The Bertz CT molecular complexity index is 1070. The third-order valence-corrected chi connectivity index (χ3v) is 4.94. The number of amides is 3. The van der Waals surface area contributed by atoms with Crippen LogP contribution in [0.25, 0.3) is 0 Å². The number of ether oxygens (including phenoxy) is 1. The maximum Gasteiger partial charge on any atom is 0.408 e. The number of carbonyl (C=O) groups excluding carboxylic acids is 3. The number of benzene rings is 2. The summed E-state index contributed by atoms with van der Waals surface area (Å²) in [6.45, 7) is 8.98. The van der Waals surface area contributed by atoms with Crippen LogP contribution in [-0.2, 0) is 14.3 Å². The van der Waals surface area contributed by atoms with Gasteiger partial charge in [0.05, 0.1) is 0 Å². The van der Waals surface area contributed by atoms with Crippen LogP contribution < -0.4 is 10.6 Å². The van der Waals surface area contributed by atoms with E-state index in [1.54, 1.807) is 51.1 Å². The van der Waals surface area contributed by atoms with E-state index in [0.29, 0.717) is 29.8 Å². The molecule has 0 fully saturated rings. The van der Waals surface area contributed by atoms with Crippen molar-refractivity contribution in [1.29, 1.82) is 0 Å². The highest BCUT2D eigenvalue weighted by molar-refractivity contribution is 5.99. The fourth-order valence-corrected chi connectivity index (χ4v) is 3.43. The summed E-state index contributed by atoms with van der Waals surface area (Å²) in [6.07, 6.45) is 5.61. The molecule has 3 amide bonds. The SMILES string of the molecule is C#Cc1ccccc1C(C(=O)Nc1ccccc1C)N(CCC)C(=O)CNC(=O)OC(C)(C)C. The van der Waals surface area contributed by atoms with Crippen LogP contribution in [0.1, 0.15) is 56.8 Å². The molecule has 0 bridgehead atoms. The zero-order valence-corrected chi connectivity index (χ0v) is 20.5. The molecular weight excluding hydrogens is 430 g/mol. The van der Waals surface area contributed by atoms with Crippen molar-refractivity contribution in [3.05, 3.63) is 65.2 Å². The maximum atomic E-state index is 13.6. The molecule has 180 valence electrons. The van der Waals surface area contributed by atoms with E-state index in [0.717, 1.165) is 5.56 Å². The minimum atomic E-state index is -0.986. The second kappa shape index (κ2) is 11.9. The number of hydrogen-bond donors (Lipinski definition) is 2. The smallest absolute Gasteiger partial charge is 0.408 e. The molecule has 7 heteroatoms. The lowest BCUT2D eigenvalue weighted by Gasteiger charge is -2.32. The summed E-state index contributed by atoms with van der Waals surface area (Å²) in [5, 5.41) is 5.42. The van der Waals surface area contributed by atoms with E-state index >= 15 is 0 Å². The molecule has 7 nitrogen and oxygen atoms in total. The van der Waals surface area contributed by atoms with Gasteiger partial charge in [-0.15, -0.1) is 6.42 Å². The summed E-state index contributed by atoms with van der Waals surface area (Å²) < 4.78 is 5.22. The van der Waals surface area contributed by atoms with Crippen molar-refractivity contribution >= 4 is 23.6 Å². The Hall–Kier alpha value is -3.79. The van der Waals surface area contributed by atoms with E-state index in [9.17, 15) is 14.4 Å². The molecular formula is C27H33N3O4. The predicted molar refractivity (Wildman–Crippen MR) is 133 cm³/mol. The number of rotatable bonds is 8. The van der Waals surface area contributed by atoms with Crippen molar-refractivity contribution in [3.8, 4) is 12.3 Å². The quantitative estimate of drug-likeness (QED) is 0.568. The molecule has 0 aliphatic heterocycles. The summed E-state index contributed by atoms with van der Waals surface area (Å²) in [7, 11) is 0. The first-order chi connectivity index (χ1) is 16.1. The Morgan fingerprint density at radius 3 is 2.35 bits per heavy atom. The van der Waals surface area contributed by atoms with Crippen molar-refractivity contribution in [2.45, 2.75) is 52.7 Å². The van der Waals surface area contributed by atoms with E-state index in [1.165, 1.54) is 4.90 Å². The van der Waals surface area contributed by atoms with Crippen LogP contribution in [0.2, 0.25) is 0 Å². The van der Waals surface area contributed by atoms with Crippen LogP contribution in [0.15, 0.2) is 48.5 Å². The molecule has 2 N–H and O–H groups in total. The first kappa shape index (κ1) is 26.5. The molecule has 0 spiro atoms. The van der Waals surface area contributed by atoms with Gasteiger partial charge in [-0.25, -0.2) is 4.79 Å². The first-order valence-corrected chi connectivity index (χ1v) is 11.3. The number of aryl methyl sites for hydroxylation is 1. The highest BCUT2D eigenvalue weighted by Crippen LogP contribution is 2.27. The summed E-state index contributed by atoms with van der Waals surface area (Å²) >= 11 is 0. The number of nitrogens with zero attached hydrogens (tertiary/aromatic N) is 1. The first-order valence-electron chi connectivity index (χ1n) is 11.3. The molecule has 2 aromatic carbocycles. The third kappa shape index (κ3) is 7.38. The van der Waals surface area contributed by atoms with Crippen LogP contribution in [-0.4, -0.2) is 41.5 Å². The maximum absolute atomic E-state index is 13.6. The van der Waals surface area contributed by atoms with Crippen molar-refractivity contribution in [2.24, 2.45) is 0 Å². The highest BCUT2D eigenvalue weighted by atomic mass is 16.6. The molecule has 0 saturated carbocycles. The van der Waals surface area contributed by atoms with Crippen LogP contribution >= 0.6 is 0 Å². The number of anilines is 1. The minimum absolute atomic E-state index is 0.291. The van der Waals surface area contributed by atoms with Crippen molar-refractivity contribution < 1.29 is 19.1 Å². The normalized spacial score (nSPS) is 11.6. The van der Waals surface area contributed by atoms with Crippen molar-refractivity contribution in [3.63, 3.8) is 0 Å². The van der Waals surface area contributed by atoms with Gasteiger partial charge in [-0.2, -0.15) is 0 Å². The number of nitrogens with one attached hydrogen (secondary N) is 2. The molecule has 0 aromatic heterocycles. The summed E-state index contributed by atoms with van der Waals surface area (Å²) in [4.78, 5) is 40.4. The number of hydrogen-bond acceptors (Lipinski definition) is 4. The summed E-state index contributed by atoms with van der Waals surface area (Å²) in [6, 6.07) is 13.4. The van der Waals surface area contributed by atoms with E-state index in [2.05, 4.69) is 16.6 Å². The summed E-state index contributed by atoms with van der Waals surface area (Å²) in [5.74, 6) is 1.79. The topological polar surface area (TPSA) is 87.7 Å². The van der Waals surface area contributed by atoms with Crippen LogP contribution in [0, 0.1) is 19.3 Å². The molecule has 34 heavy (non-hydrogen) atoms. The van der Waals surface area contributed by atoms with Gasteiger partial charge < -0.3 is 20.3 Å². The lowest BCUT2D eigenvalue weighted by atomic mass is 9.97. The van der Waals surface area contributed by atoms with Crippen LogP contribution in [0.3, 0.4) is 0 Å². The molecule has 2 rings (SSSR count). The monoisotopic (exact) mass is 463 g/mol. The Kier molecular flexibility index (Phi) is 9.26. The average Bonchev–Trinajstić information content (AvgIpc) is 2.78. The number of carbonyl (C=O) groups is 3. The molecule has 2 aromatic rings. The lowest BCUT2D eigenvalue weighted by molar-refractivity contribution is -0.138. The molecule has 0 heterocycles. The fourth-order valence-electron chi connectivity index (χ4n) is 3.43. The highest BCUT2D eigenvalue weighted by Gasteiger charge is 2.33. The van der Waals surface area contributed by atoms with E-state index in [4.69, 9.17) is 11.2 Å². The Labute approximate surface area is 201 Å². The van der Waals surface area contributed by atoms with Crippen molar-refractivity contribution in [2.75, 3.05) is 18.4 Å². The zero-order chi connectivity index (χ0) is 25.3. The van der Waals surface area contributed by atoms with Crippen LogP contribution in [0.5, 0.6) is 0 Å². The summed E-state index contributed by atoms with van der Waals surface area (Å²) in [5.41, 5.74) is 1.89. The van der Waals surface area contributed by atoms with Gasteiger partial charge in [-0.3, -0.25) is 9.59 Å². The van der Waals surface area contributed by atoms with E-state index in [-0.39, 0.29) is 6.54 Å².